The summed E-state index contributed by atoms with van der Waals surface area (Å²) in [5.74, 6) is 0.606. The van der Waals surface area contributed by atoms with Gasteiger partial charge in [-0.15, -0.1) is 11.3 Å². The summed E-state index contributed by atoms with van der Waals surface area (Å²) in [4.78, 5) is 1.63. The molecule has 0 aliphatic heterocycles. The predicted octanol–water partition coefficient (Wildman–Crippen LogP) is 2.56. The molecule has 0 atom stereocenters. The van der Waals surface area contributed by atoms with Crippen molar-refractivity contribution >= 4 is 21.4 Å². The number of hydrogen-bond acceptors (Lipinski definition) is 4. The van der Waals surface area contributed by atoms with E-state index in [1.54, 1.807) is 15.6 Å². The molecule has 1 aromatic heterocycles. The van der Waals surface area contributed by atoms with Gasteiger partial charge in [-0.2, -0.15) is 4.31 Å². The SMILES string of the molecule is O=S(=O)(c1csc(CNC2CC2)c1)N(CC1CC1)C1CC1. The van der Waals surface area contributed by atoms with Crippen molar-refractivity contribution < 1.29 is 8.42 Å². The molecule has 3 fully saturated rings. The lowest BCUT2D eigenvalue weighted by molar-refractivity contribution is 0.389. The average molecular weight is 326 g/mol. The maximum absolute atomic E-state index is 12.9. The second-order valence-electron chi connectivity index (χ2n) is 6.65. The normalized spacial score (nSPS) is 22.9. The van der Waals surface area contributed by atoms with Crippen molar-refractivity contribution in [2.45, 2.75) is 62.0 Å². The number of nitrogens with one attached hydrogen (secondary N) is 1. The van der Waals surface area contributed by atoms with Gasteiger partial charge in [-0.1, -0.05) is 0 Å². The van der Waals surface area contributed by atoms with Gasteiger partial charge < -0.3 is 5.32 Å². The molecule has 4 nitrogen and oxygen atoms in total. The summed E-state index contributed by atoms with van der Waals surface area (Å²) in [5.41, 5.74) is 0. The lowest BCUT2D eigenvalue weighted by atomic mass is 10.4. The summed E-state index contributed by atoms with van der Waals surface area (Å²) in [6.07, 6.45) is 6.97. The molecular formula is C15H22N2O2S2. The van der Waals surface area contributed by atoms with Gasteiger partial charge in [0.2, 0.25) is 10.0 Å². The molecule has 0 unspecified atom stereocenters. The van der Waals surface area contributed by atoms with Crippen LogP contribution in [0.15, 0.2) is 16.3 Å². The quantitative estimate of drug-likeness (QED) is 0.799. The predicted molar refractivity (Wildman–Crippen MR) is 83.8 cm³/mol. The minimum absolute atomic E-state index is 0.267. The van der Waals surface area contributed by atoms with Crippen LogP contribution in [0.25, 0.3) is 0 Å². The van der Waals surface area contributed by atoms with Crippen LogP contribution >= 0.6 is 11.3 Å². The van der Waals surface area contributed by atoms with Gasteiger partial charge in [0.1, 0.15) is 0 Å². The first-order valence-electron chi connectivity index (χ1n) is 7.95. The van der Waals surface area contributed by atoms with Crippen molar-refractivity contribution in [3.8, 4) is 0 Å². The Bertz CT molecular complexity index is 613. The summed E-state index contributed by atoms with van der Waals surface area (Å²) in [6.45, 7) is 1.54. The Morgan fingerprint density at radius 1 is 1.19 bits per heavy atom. The number of hydrogen-bond donors (Lipinski definition) is 1. The highest BCUT2D eigenvalue weighted by Crippen LogP contribution is 2.38. The van der Waals surface area contributed by atoms with E-state index in [9.17, 15) is 8.42 Å². The van der Waals surface area contributed by atoms with E-state index in [1.807, 2.05) is 11.4 Å². The van der Waals surface area contributed by atoms with E-state index < -0.39 is 10.0 Å². The zero-order chi connectivity index (χ0) is 14.4. The lowest BCUT2D eigenvalue weighted by Crippen LogP contribution is -2.34. The zero-order valence-electron chi connectivity index (χ0n) is 12.1. The van der Waals surface area contributed by atoms with Crippen molar-refractivity contribution in [1.29, 1.82) is 0 Å². The minimum Gasteiger partial charge on any atom is -0.309 e. The molecule has 116 valence electrons. The first-order valence-corrected chi connectivity index (χ1v) is 10.3. The Balaban J connectivity index is 1.48. The summed E-state index contributed by atoms with van der Waals surface area (Å²) < 4.78 is 27.5. The minimum atomic E-state index is -3.28. The van der Waals surface area contributed by atoms with E-state index in [0.717, 1.165) is 30.8 Å². The van der Waals surface area contributed by atoms with Crippen molar-refractivity contribution in [2.24, 2.45) is 5.92 Å². The van der Waals surface area contributed by atoms with Crippen LogP contribution in [-0.2, 0) is 16.6 Å². The van der Waals surface area contributed by atoms with Crippen LogP contribution in [0.4, 0.5) is 0 Å². The van der Waals surface area contributed by atoms with Crippen molar-refractivity contribution in [3.05, 3.63) is 16.3 Å². The molecule has 4 rings (SSSR count). The molecule has 0 amide bonds. The van der Waals surface area contributed by atoms with Gasteiger partial charge in [0.05, 0.1) is 4.90 Å². The Hall–Kier alpha value is -0.430. The maximum atomic E-state index is 12.9. The van der Waals surface area contributed by atoms with Crippen LogP contribution in [0.3, 0.4) is 0 Å². The van der Waals surface area contributed by atoms with Crippen LogP contribution in [-0.4, -0.2) is 31.4 Å². The largest absolute Gasteiger partial charge is 0.309 e. The molecular weight excluding hydrogens is 304 g/mol. The number of rotatable bonds is 8. The van der Waals surface area contributed by atoms with Crippen LogP contribution in [0, 0.1) is 5.92 Å². The summed E-state index contributed by atoms with van der Waals surface area (Å²) in [7, 11) is -3.28. The van der Waals surface area contributed by atoms with Gasteiger partial charge in [0.15, 0.2) is 0 Å². The molecule has 1 heterocycles. The number of thiophene rings is 1. The first kappa shape index (κ1) is 14.2. The Morgan fingerprint density at radius 3 is 2.57 bits per heavy atom. The summed E-state index contributed by atoms with van der Waals surface area (Å²) >= 11 is 1.56. The van der Waals surface area contributed by atoms with Crippen molar-refractivity contribution in [1.82, 2.24) is 9.62 Å². The molecule has 0 radical (unpaired) electrons. The molecule has 0 bridgehead atoms. The third kappa shape index (κ3) is 3.33. The maximum Gasteiger partial charge on any atom is 0.244 e. The second-order valence-corrected chi connectivity index (χ2v) is 9.54. The molecule has 0 aromatic carbocycles. The molecule has 21 heavy (non-hydrogen) atoms. The average Bonchev–Trinajstić information content (AvgIpc) is 3.30. The third-order valence-electron chi connectivity index (χ3n) is 4.47. The summed E-state index contributed by atoms with van der Waals surface area (Å²) in [5, 5.41) is 5.27. The van der Waals surface area contributed by atoms with Gasteiger partial charge in [-0.3, -0.25) is 0 Å². The topological polar surface area (TPSA) is 49.4 Å². The fourth-order valence-corrected chi connectivity index (χ4v) is 5.59. The highest BCUT2D eigenvalue weighted by atomic mass is 32.2. The molecule has 0 spiro atoms. The smallest absolute Gasteiger partial charge is 0.244 e. The van der Waals surface area contributed by atoms with Gasteiger partial charge in [-0.25, -0.2) is 8.42 Å². The van der Waals surface area contributed by atoms with Gasteiger partial charge >= 0.3 is 0 Å². The Kier molecular flexibility index (Phi) is 3.60. The molecule has 1 aromatic rings. The zero-order valence-corrected chi connectivity index (χ0v) is 13.8. The lowest BCUT2D eigenvalue weighted by Gasteiger charge is -2.21. The molecule has 6 heteroatoms. The van der Waals surface area contributed by atoms with E-state index >= 15 is 0 Å². The second kappa shape index (κ2) is 5.33. The van der Waals surface area contributed by atoms with Crippen LogP contribution in [0.2, 0.25) is 0 Å². The van der Waals surface area contributed by atoms with E-state index in [0.29, 0.717) is 16.9 Å². The van der Waals surface area contributed by atoms with Gasteiger partial charge in [0, 0.05) is 35.4 Å². The van der Waals surface area contributed by atoms with E-state index in [2.05, 4.69) is 5.32 Å². The highest BCUT2D eigenvalue weighted by molar-refractivity contribution is 7.89. The Labute approximate surface area is 130 Å². The molecule has 0 saturated heterocycles. The molecule has 3 saturated carbocycles. The van der Waals surface area contributed by atoms with Crippen LogP contribution in [0.1, 0.15) is 43.4 Å². The van der Waals surface area contributed by atoms with Gasteiger partial charge in [-0.05, 0) is 50.5 Å². The standard InChI is InChI=1S/C15H22N2O2S2/c18-21(19,17(13-5-6-13)9-11-1-2-11)15-7-14(20-10-15)8-16-12-3-4-12/h7,10-13,16H,1-6,8-9H2. The highest BCUT2D eigenvalue weighted by Gasteiger charge is 2.41. The number of nitrogens with zero attached hydrogens (tertiary/aromatic N) is 1. The van der Waals surface area contributed by atoms with Crippen LogP contribution in [0.5, 0.6) is 0 Å². The van der Waals surface area contributed by atoms with E-state index in [-0.39, 0.29) is 6.04 Å². The van der Waals surface area contributed by atoms with Crippen molar-refractivity contribution in [2.75, 3.05) is 6.54 Å². The fourth-order valence-electron chi connectivity index (χ4n) is 2.62. The van der Waals surface area contributed by atoms with Gasteiger partial charge in [0.25, 0.3) is 0 Å². The molecule has 3 aliphatic rings. The summed E-state index contributed by atoms with van der Waals surface area (Å²) in [6, 6.07) is 2.80. The Morgan fingerprint density at radius 2 is 1.95 bits per heavy atom. The monoisotopic (exact) mass is 326 g/mol. The number of sulfonamides is 1. The molecule has 3 aliphatic carbocycles. The van der Waals surface area contributed by atoms with E-state index in [4.69, 9.17) is 0 Å². The fraction of sp³-hybridized carbons (Fsp3) is 0.733. The van der Waals surface area contributed by atoms with E-state index in [1.165, 1.54) is 25.7 Å². The van der Waals surface area contributed by atoms with Crippen molar-refractivity contribution in [3.63, 3.8) is 0 Å². The molecule has 1 N–H and O–H groups in total. The van der Waals surface area contributed by atoms with Crippen LogP contribution < -0.4 is 5.32 Å². The third-order valence-corrected chi connectivity index (χ3v) is 7.45. The first-order chi connectivity index (χ1) is 10.1.